The first kappa shape index (κ1) is 18.0. The van der Waals surface area contributed by atoms with E-state index in [0.29, 0.717) is 0 Å². The smallest absolute Gasteiger partial charge is 0.129 e. The molecule has 3 heteroatoms. The fourth-order valence-electron chi connectivity index (χ4n) is 2.59. The molecule has 0 fully saturated rings. The van der Waals surface area contributed by atoms with Crippen molar-refractivity contribution in [3.63, 3.8) is 0 Å². The van der Waals surface area contributed by atoms with Gasteiger partial charge in [-0.05, 0) is 43.5 Å². The molecule has 0 saturated heterocycles. The lowest BCUT2D eigenvalue weighted by Crippen LogP contribution is -2.30. The van der Waals surface area contributed by atoms with Gasteiger partial charge in [0.15, 0.2) is 0 Å². The molecule has 120 valence electrons. The fraction of sp³-hybridized carbons (Fsp3) is 0.722. The van der Waals surface area contributed by atoms with Gasteiger partial charge in [-0.25, -0.2) is 4.98 Å². The van der Waals surface area contributed by atoms with Crippen LogP contribution in [0, 0.1) is 5.92 Å². The first-order valence-corrected chi connectivity index (χ1v) is 8.63. The first-order chi connectivity index (χ1) is 10.2. The van der Waals surface area contributed by atoms with Crippen LogP contribution in [0.15, 0.2) is 12.1 Å². The highest BCUT2D eigenvalue weighted by Crippen LogP contribution is 2.19. The van der Waals surface area contributed by atoms with Crippen LogP contribution in [0.3, 0.4) is 0 Å². The quantitative estimate of drug-likeness (QED) is 0.706. The number of nitrogens with one attached hydrogen (secondary N) is 1. The van der Waals surface area contributed by atoms with Crippen LogP contribution >= 0.6 is 0 Å². The second-order valence-electron chi connectivity index (χ2n) is 5.68. The number of rotatable bonds is 10. The Kier molecular flexibility index (Phi) is 8.36. The second-order valence-corrected chi connectivity index (χ2v) is 5.68. The van der Waals surface area contributed by atoms with Gasteiger partial charge in [0.1, 0.15) is 5.82 Å². The molecule has 0 spiro atoms. The van der Waals surface area contributed by atoms with Gasteiger partial charge >= 0.3 is 0 Å². The molecule has 1 rings (SSSR count). The monoisotopic (exact) mass is 291 g/mol. The Morgan fingerprint density at radius 1 is 1.10 bits per heavy atom. The molecule has 0 saturated carbocycles. The van der Waals surface area contributed by atoms with Gasteiger partial charge in [0.25, 0.3) is 0 Å². The van der Waals surface area contributed by atoms with Gasteiger partial charge in [-0.15, -0.1) is 0 Å². The lowest BCUT2D eigenvalue weighted by molar-refractivity contribution is 0.484. The molecule has 0 aromatic carbocycles. The Labute approximate surface area is 131 Å². The summed E-state index contributed by atoms with van der Waals surface area (Å²) in [5.41, 5.74) is 2.55. The average Bonchev–Trinajstić information content (AvgIpc) is 2.53. The van der Waals surface area contributed by atoms with E-state index in [1.54, 1.807) is 0 Å². The summed E-state index contributed by atoms with van der Waals surface area (Å²) >= 11 is 0. The van der Waals surface area contributed by atoms with Crippen molar-refractivity contribution < 1.29 is 0 Å². The van der Waals surface area contributed by atoms with Crippen molar-refractivity contribution in [1.82, 2.24) is 10.3 Å². The van der Waals surface area contributed by atoms with Crippen molar-refractivity contribution in [3.05, 3.63) is 23.4 Å². The average molecular weight is 291 g/mol. The summed E-state index contributed by atoms with van der Waals surface area (Å²) in [6, 6.07) is 4.49. The summed E-state index contributed by atoms with van der Waals surface area (Å²) in [7, 11) is 0. The van der Waals surface area contributed by atoms with Crippen LogP contribution in [-0.4, -0.2) is 24.6 Å². The van der Waals surface area contributed by atoms with E-state index in [9.17, 15) is 0 Å². The van der Waals surface area contributed by atoms with E-state index < -0.39 is 0 Å². The minimum atomic E-state index is 0.759. The maximum absolute atomic E-state index is 4.85. The van der Waals surface area contributed by atoms with Gasteiger partial charge in [-0.3, -0.25) is 0 Å². The van der Waals surface area contributed by atoms with E-state index in [-0.39, 0.29) is 0 Å². The van der Waals surface area contributed by atoms with Crippen LogP contribution in [0.1, 0.15) is 58.7 Å². The third kappa shape index (κ3) is 5.66. The van der Waals surface area contributed by atoms with Crippen LogP contribution < -0.4 is 10.2 Å². The SMILES string of the molecule is CCNCc1cc(CC)nc(N(CC)CC(CC)CC)c1. The van der Waals surface area contributed by atoms with Crippen LogP contribution in [0.25, 0.3) is 0 Å². The highest BCUT2D eigenvalue weighted by molar-refractivity contribution is 5.43. The van der Waals surface area contributed by atoms with Gasteiger partial charge in [0, 0.05) is 25.3 Å². The van der Waals surface area contributed by atoms with Crippen LogP contribution in [-0.2, 0) is 13.0 Å². The predicted molar refractivity (Wildman–Crippen MR) is 93.0 cm³/mol. The molecular weight excluding hydrogens is 258 g/mol. The summed E-state index contributed by atoms with van der Waals surface area (Å²) in [6.45, 7) is 15.2. The van der Waals surface area contributed by atoms with Crippen molar-refractivity contribution in [3.8, 4) is 0 Å². The van der Waals surface area contributed by atoms with Crippen molar-refractivity contribution in [2.45, 2.75) is 60.4 Å². The zero-order chi connectivity index (χ0) is 15.7. The first-order valence-electron chi connectivity index (χ1n) is 8.63. The Morgan fingerprint density at radius 2 is 1.81 bits per heavy atom. The lowest BCUT2D eigenvalue weighted by atomic mass is 10.0. The van der Waals surface area contributed by atoms with Gasteiger partial charge in [0.2, 0.25) is 0 Å². The number of nitrogens with zero attached hydrogens (tertiary/aromatic N) is 2. The van der Waals surface area contributed by atoms with Crippen molar-refractivity contribution in [2.75, 3.05) is 24.5 Å². The number of hydrogen-bond donors (Lipinski definition) is 1. The van der Waals surface area contributed by atoms with Gasteiger partial charge < -0.3 is 10.2 Å². The Morgan fingerprint density at radius 3 is 2.33 bits per heavy atom. The summed E-state index contributed by atoms with van der Waals surface area (Å²) < 4.78 is 0. The summed E-state index contributed by atoms with van der Waals surface area (Å²) in [4.78, 5) is 7.29. The third-order valence-electron chi connectivity index (χ3n) is 4.21. The Balaban J connectivity index is 2.95. The Hall–Kier alpha value is -1.09. The zero-order valence-corrected chi connectivity index (χ0v) is 14.6. The molecule has 0 amide bonds. The standard InChI is InChI=1S/C18H33N3/c1-6-15(7-2)14-21(10-5)18-12-16(13-19-9-4)11-17(8-3)20-18/h11-12,15,19H,6-10,13-14H2,1-5H3. The molecular formula is C18H33N3. The number of aryl methyl sites for hydroxylation is 1. The normalized spacial score (nSPS) is 11.1. The van der Waals surface area contributed by atoms with Gasteiger partial charge in [0.05, 0.1) is 0 Å². The van der Waals surface area contributed by atoms with E-state index >= 15 is 0 Å². The molecule has 0 unspecified atom stereocenters. The molecule has 0 bridgehead atoms. The maximum Gasteiger partial charge on any atom is 0.129 e. The van der Waals surface area contributed by atoms with E-state index in [1.807, 2.05) is 0 Å². The summed E-state index contributed by atoms with van der Waals surface area (Å²) in [6.07, 6.45) is 3.48. The van der Waals surface area contributed by atoms with Crippen LogP contribution in [0.2, 0.25) is 0 Å². The molecule has 1 heterocycles. The predicted octanol–water partition coefficient (Wildman–Crippen LogP) is 4.02. The summed E-state index contributed by atoms with van der Waals surface area (Å²) in [5, 5.41) is 3.42. The second kappa shape index (κ2) is 9.78. The fourth-order valence-corrected chi connectivity index (χ4v) is 2.59. The zero-order valence-electron chi connectivity index (χ0n) is 14.6. The molecule has 1 aromatic rings. The highest BCUT2D eigenvalue weighted by Gasteiger charge is 2.13. The molecule has 1 aromatic heterocycles. The van der Waals surface area contributed by atoms with E-state index in [1.165, 1.54) is 24.1 Å². The van der Waals surface area contributed by atoms with Crippen molar-refractivity contribution in [1.29, 1.82) is 0 Å². The van der Waals surface area contributed by atoms with Crippen molar-refractivity contribution >= 4 is 5.82 Å². The Bertz CT molecular complexity index is 399. The molecule has 0 aliphatic carbocycles. The largest absolute Gasteiger partial charge is 0.357 e. The van der Waals surface area contributed by atoms with E-state index in [2.05, 4.69) is 57.0 Å². The molecule has 3 nitrogen and oxygen atoms in total. The molecule has 0 radical (unpaired) electrons. The summed E-state index contributed by atoms with van der Waals surface area (Å²) in [5.74, 6) is 1.91. The third-order valence-corrected chi connectivity index (χ3v) is 4.21. The number of hydrogen-bond acceptors (Lipinski definition) is 3. The van der Waals surface area contributed by atoms with Crippen molar-refractivity contribution in [2.24, 2.45) is 5.92 Å². The molecule has 0 aliphatic rings. The molecule has 0 atom stereocenters. The number of anilines is 1. The lowest BCUT2D eigenvalue weighted by Gasteiger charge is -2.27. The van der Waals surface area contributed by atoms with Crippen LogP contribution in [0.5, 0.6) is 0 Å². The van der Waals surface area contributed by atoms with Gasteiger partial charge in [-0.2, -0.15) is 0 Å². The molecule has 0 aliphatic heterocycles. The minimum absolute atomic E-state index is 0.759. The molecule has 1 N–H and O–H groups in total. The number of aromatic nitrogens is 1. The minimum Gasteiger partial charge on any atom is -0.357 e. The molecule has 21 heavy (non-hydrogen) atoms. The van der Waals surface area contributed by atoms with Gasteiger partial charge in [-0.1, -0.05) is 40.5 Å². The topological polar surface area (TPSA) is 28.2 Å². The van der Waals surface area contributed by atoms with E-state index in [4.69, 9.17) is 4.98 Å². The maximum atomic E-state index is 4.85. The number of pyridine rings is 1. The highest BCUT2D eigenvalue weighted by atomic mass is 15.2. The van der Waals surface area contributed by atoms with Crippen LogP contribution in [0.4, 0.5) is 5.82 Å². The van der Waals surface area contributed by atoms with E-state index in [0.717, 1.165) is 44.3 Å².